The Hall–Kier alpha value is -1.57. The molecular weight excluding hydrogens is 327 g/mol. The summed E-state index contributed by atoms with van der Waals surface area (Å²) >= 11 is 1.56. The summed E-state index contributed by atoms with van der Waals surface area (Å²) in [6, 6.07) is 6.51. The lowest BCUT2D eigenvalue weighted by molar-refractivity contribution is 0.151. The molecule has 1 aromatic carbocycles. The molecule has 3 rings (SSSR count). The molecule has 0 atom stereocenters. The molecule has 2 aromatic rings. The molecule has 0 amide bonds. The number of nitrogens with zero attached hydrogens (tertiary/aromatic N) is 3. The van der Waals surface area contributed by atoms with Crippen molar-refractivity contribution in [1.82, 2.24) is 15.1 Å². The first-order valence-corrected chi connectivity index (χ1v) is 9.18. The van der Waals surface area contributed by atoms with Crippen molar-refractivity contribution in [2.45, 2.75) is 19.3 Å². The third-order valence-electron chi connectivity index (χ3n) is 4.40. The van der Waals surface area contributed by atoms with E-state index in [9.17, 15) is 4.39 Å². The van der Waals surface area contributed by atoms with Crippen molar-refractivity contribution in [3.05, 3.63) is 40.7 Å². The lowest BCUT2D eigenvalue weighted by Gasteiger charge is -2.31. The number of halogens is 1. The molecule has 2 N–H and O–H groups in total. The van der Waals surface area contributed by atoms with Gasteiger partial charge in [-0.05, 0) is 49.5 Å². The van der Waals surface area contributed by atoms with Gasteiger partial charge < -0.3 is 15.3 Å². The maximum absolute atomic E-state index is 12.9. The van der Waals surface area contributed by atoms with Crippen LogP contribution >= 0.6 is 11.3 Å². The molecule has 1 aromatic heterocycles. The van der Waals surface area contributed by atoms with Gasteiger partial charge >= 0.3 is 0 Å². The SMILES string of the molecule is OCCN1CCC(CNc2nnc(Cc3ccc(F)cc3)s2)CC1. The number of benzene rings is 1. The Morgan fingerprint density at radius 1 is 1.21 bits per heavy atom. The number of hydrogen-bond acceptors (Lipinski definition) is 6. The molecule has 0 radical (unpaired) electrons. The first-order valence-electron chi connectivity index (χ1n) is 8.37. The van der Waals surface area contributed by atoms with Gasteiger partial charge in [0.2, 0.25) is 5.13 Å². The van der Waals surface area contributed by atoms with Crippen molar-refractivity contribution in [1.29, 1.82) is 0 Å². The average Bonchev–Trinajstić information content (AvgIpc) is 3.04. The van der Waals surface area contributed by atoms with Crippen LogP contribution in [-0.2, 0) is 6.42 Å². The Labute approximate surface area is 145 Å². The van der Waals surface area contributed by atoms with Gasteiger partial charge in [0.15, 0.2) is 0 Å². The molecule has 0 spiro atoms. The maximum atomic E-state index is 12.9. The fraction of sp³-hybridized carbons (Fsp3) is 0.529. The quantitative estimate of drug-likeness (QED) is 0.803. The molecule has 24 heavy (non-hydrogen) atoms. The molecule has 0 aliphatic carbocycles. The summed E-state index contributed by atoms with van der Waals surface area (Å²) in [5, 5.41) is 22.6. The molecule has 1 aliphatic heterocycles. The highest BCUT2D eigenvalue weighted by atomic mass is 32.1. The van der Waals surface area contributed by atoms with E-state index >= 15 is 0 Å². The van der Waals surface area contributed by atoms with E-state index in [1.165, 1.54) is 12.1 Å². The van der Waals surface area contributed by atoms with Crippen LogP contribution in [0.15, 0.2) is 24.3 Å². The Morgan fingerprint density at radius 3 is 2.67 bits per heavy atom. The molecule has 1 aliphatic rings. The van der Waals surface area contributed by atoms with E-state index in [2.05, 4.69) is 20.4 Å². The summed E-state index contributed by atoms with van der Waals surface area (Å²) in [5.41, 5.74) is 1.04. The molecule has 0 unspecified atom stereocenters. The van der Waals surface area contributed by atoms with Gasteiger partial charge in [0.1, 0.15) is 10.8 Å². The summed E-state index contributed by atoms with van der Waals surface area (Å²) in [6.07, 6.45) is 2.97. The Bertz CT molecular complexity index is 626. The number of hydrogen-bond donors (Lipinski definition) is 2. The standard InChI is InChI=1S/C17H23FN4OS/c18-15-3-1-13(2-4-15)11-16-20-21-17(24-16)19-12-14-5-7-22(8-6-14)9-10-23/h1-4,14,23H,5-12H2,(H,19,21). The Morgan fingerprint density at radius 2 is 1.96 bits per heavy atom. The molecule has 0 bridgehead atoms. The van der Waals surface area contributed by atoms with Crippen LogP contribution in [0.2, 0.25) is 0 Å². The van der Waals surface area contributed by atoms with E-state index in [0.29, 0.717) is 12.3 Å². The third kappa shape index (κ3) is 4.96. The summed E-state index contributed by atoms with van der Waals surface area (Å²) in [6.45, 7) is 4.05. The lowest BCUT2D eigenvalue weighted by atomic mass is 9.97. The van der Waals surface area contributed by atoms with Crippen LogP contribution in [0.3, 0.4) is 0 Å². The van der Waals surface area contributed by atoms with Crippen molar-refractivity contribution in [3.8, 4) is 0 Å². The third-order valence-corrected chi connectivity index (χ3v) is 5.28. The van der Waals surface area contributed by atoms with Crippen molar-refractivity contribution in [2.75, 3.05) is 38.1 Å². The van der Waals surface area contributed by atoms with Crippen LogP contribution in [0.4, 0.5) is 9.52 Å². The van der Waals surface area contributed by atoms with E-state index in [4.69, 9.17) is 5.11 Å². The molecule has 5 nitrogen and oxygen atoms in total. The van der Waals surface area contributed by atoms with Crippen LogP contribution in [0.25, 0.3) is 0 Å². The molecule has 1 saturated heterocycles. The number of anilines is 1. The summed E-state index contributed by atoms with van der Waals surface area (Å²) in [7, 11) is 0. The highest BCUT2D eigenvalue weighted by Crippen LogP contribution is 2.21. The minimum atomic E-state index is -0.219. The van der Waals surface area contributed by atoms with E-state index in [-0.39, 0.29) is 12.4 Å². The van der Waals surface area contributed by atoms with Crippen LogP contribution in [0.5, 0.6) is 0 Å². The van der Waals surface area contributed by atoms with Gasteiger partial charge in [0, 0.05) is 19.5 Å². The second-order valence-electron chi connectivity index (χ2n) is 6.19. The number of rotatable bonds is 7. The largest absolute Gasteiger partial charge is 0.395 e. The molecule has 0 saturated carbocycles. The van der Waals surface area contributed by atoms with Gasteiger partial charge in [-0.25, -0.2) is 4.39 Å². The fourth-order valence-corrected chi connectivity index (χ4v) is 3.74. The first kappa shape index (κ1) is 17.3. The van der Waals surface area contributed by atoms with Gasteiger partial charge in [-0.2, -0.15) is 0 Å². The molecule has 130 valence electrons. The summed E-state index contributed by atoms with van der Waals surface area (Å²) in [4.78, 5) is 2.31. The number of piperidine rings is 1. The van der Waals surface area contributed by atoms with Crippen LogP contribution in [-0.4, -0.2) is 53.0 Å². The number of aromatic nitrogens is 2. The van der Waals surface area contributed by atoms with E-state index < -0.39 is 0 Å². The zero-order chi connectivity index (χ0) is 16.8. The monoisotopic (exact) mass is 350 g/mol. The summed E-state index contributed by atoms with van der Waals surface area (Å²) < 4.78 is 12.9. The van der Waals surface area contributed by atoms with Crippen molar-refractivity contribution in [3.63, 3.8) is 0 Å². The lowest BCUT2D eigenvalue weighted by Crippen LogP contribution is -2.37. The number of likely N-dealkylation sites (tertiary alicyclic amines) is 1. The van der Waals surface area contributed by atoms with Gasteiger partial charge in [0.05, 0.1) is 6.61 Å². The molecule has 2 heterocycles. The second-order valence-corrected chi connectivity index (χ2v) is 7.26. The number of nitrogens with one attached hydrogen (secondary N) is 1. The van der Waals surface area contributed by atoms with Crippen molar-refractivity contribution >= 4 is 16.5 Å². The highest BCUT2D eigenvalue weighted by molar-refractivity contribution is 7.15. The van der Waals surface area contributed by atoms with E-state index in [1.807, 2.05) is 0 Å². The molecule has 1 fully saturated rings. The number of aliphatic hydroxyl groups is 1. The van der Waals surface area contributed by atoms with Crippen LogP contribution in [0, 0.1) is 11.7 Å². The Balaban J connectivity index is 1.44. The van der Waals surface area contributed by atoms with Crippen molar-refractivity contribution in [2.24, 2.45) is 5.92 Å². The van der Waals surface area contributed by atoms with Gasteiger partial charge in [-0.15, -0.1) is 10.2 Å². The summed E-state index contributed by atoms with van der Waals surface area (Å²) in [5.74, 6) is 0.424. The van der Waals surface area contributed by atoms with Gasteiger partial charge in [0.25, 0.3) is 0 Å². The molecular formula is C17H23FN4OS. The predicted molar refractivity (Wildman–Crippen MR) is 93.9 cm³/mol. The predicted octanol–water partition coefficient (Wildman–Crippen LogP) is 2.38. The van der Waals surface area contributed by atoms with Gasteiger partial charge in [-0.1, -0.05) is 23.5 Å². The van der Waals surface area contributed by atoms with Crippen LogP contribution in [0.1, 0.15) is 23.4 Å². The average molecular weight is 350 g/mol. The first-order chi connectivity index (χ1) is 11.7. The smallest absolute Gasteiger partial charge is 0.205 e. The normalized spacial score (nSPS) is 16.4. The topological polar surface area (TPSA) is 61.3 Å². The van der Waals surface area contributed by atoms with Crippen molar-refractivity contribution < 1.29 is 9.50 Å². The second kappa shape index (κ2) is 8.50. The number of β-amino-alcohol motifs (C(OH)–C–C–N with tert-alkyl or cyclic N) is 1. The van der Waals surface area contributed by atoms with Gasteiger partial charge in [-0.3, -0.25) is 0 Å². The highest BCUT2D eigenvalue weighted by Gasteiger charge is 2.19. The van der Waals surface area contributed by atoms with Crippen LogP contribution < -0.4 is 5.32 Å². The minimum Gasteiger partial charge on any atom is -0.395 e. The molecule has 7 heteroatoms. The maximum Gasteiger partial charge on any atom is 0.205 e. The van der Waals surface area contributed by atoms with E-state index in [0.717, 1.165) is 54.7 Å². The zero-order valence-electron chi connectivity index (χ0n) is 13.6. The Kier molecular flexibility index (Phi) is 6.12. The fourth-order valence-electron chi connectivity index (χ4n) is 2.96. The van der Waals surface area contributed by atoms with E-state index in [1.54, 1.807) is 23.5 Å². The zero-order valence-corrected chi connectivity index (χ0v) is 14.4. The minimum absolute atomic E-state index is 0.219. The number of aliphatic hydroxyl groups excluding tert-OH is 1.